The lowest BCUT2D eigenvalue weighted by atomic mass is 9.69. The summed E-state index contributed by atoms with van der Waals surface area (Å²) in [5.74, 6) is -0.276. The maximum absolute atomic E-state index is 12.1. The molecule has 0 unspecified atom stereocenters. The monoisotopic (exact) mass is 482 g/mol. The number of benzene rings is 1. The molecule has 1 atom stereocenters. The van der Waals surface area contributed by atoms with E-state index in [1.54, 1.807) is 17.7 Å². The van der Waals surface area contributed by atoms with Gasteiger partial charge in [-0.05, 0) is 76.6 Å². The Morgan fingerprint density at radius 2 is 1.82 bits per heavy atom. The van der Waals surface area contributed by atoms with Gasteiger partial charge in [0.15, 0.2) is 0 Å². The van der Waals surface area contributed by atoms with Crippen LogP contribution in [0.2, 0.25) is 25.7 Å². The second kappa shape index (κ2) is 12.7. The van der Waals surface area contributed by atoms with E-state index in [2.05, 4.69) is 53.4 Å². The van der Waals surface area contributed by atoms with Gasteiger partial charge in [0.25, 0.3) is 0 Å². The number of hydrogen-bond acceptors (Lipinski definition) is 3. The van der Waals surface area contributed by atoms with Crippen LogP contribution in [0.4, 0.5) is 0 Å². The minimum atomic E-state index is -1.22. The van der Waals surface area contributed by atoms with Crippen LogP contribution in [-0.2, 0) is 4.74 Å². The van der Waals surface area contributed by atoms with Crippen LogP contribution in [-0.4, -0.2) is 31.9 Å². The summed E-state index contributed by atoms with van der Waals surface area (Å²) in [6.45, 7) is 16.4. The van der Waals surface area contributed by atoms with Crippen molar-refractivity contribution in [1.82, 2.24) is 0 Å². The number of hydrogen-bond donors (Lipinski definition) is 1. The zero-order valence-corrected chi connectivity index (χ0v) is 23.5. The molecule has 0 spiro atoms. The van der Waals surface area contributed by atoms with Crippen LogP contribution >= 0.6 is 0 Å². The Hall–Kier alpha value is -1.91. The van der Waals surface area contributed by atoms with Crippen LogP contribution in [0, 0.1) is 5.41 Å². The third-order valence-electron chi connectivity index (χ3n) is 7.00. The lowest BCUT2D eigenvalue weighted by Crippen LogP contribution is -2.35. The van der Waals surface area contributed by atoms with Gasteiger partial charge in [0, 0.05) is 13.5 Å². The van der Waals surface area contributed by atoms with Crippen molar-refractivity contribution in [3.63, 3.8) is 0 Å². The molecule has 1 aliphatic rings. The molecule has 0 radical (unpaired) electrons. The summed E-state index contributed by atoms with van der Waals surface area (Å²) in [6.07, 6.45) is 10.3. The van der Waals surface area contributed by atoms with Crippen LogP contribution in [0.1, 0.15) is 76.6 Å². The number of aliphatic hydroxyl groups is 1. The van der Waals surface area contributed by atoms with Crippen molar-refractivity contribution in [3.8, 4) is 0 Å². The number of carbonyl (C=O) groups is 1. The van der Waals surface area contributed by atoms with Crippen molar-refractivity contribution in [1.29, 1.82) is 0 Å². The zero-order chi connectivity index (χ0) is 25.4. The molecule has 1 N–H and O–H groups in total. The van der Waals surface area contributed by atoms with Crippen molar-refractivity contribution >= 4 is 14.0 Å². The van der Waals surface area contributed by atoms with Gasteiger partial charge >= 0.3 is 5.97 Å². The molecule has 0 saturated carbocycles. The quantitative estimate of drug-likeness (QED) is 0.197. The predicted molar refractivity (Wildman–Crippen MR) is 147 cm³/mol. The first-order valence-corrected chi connectivity index (χ1v) is 16.5. The summed E-state index contributed by atoms with van der Waals surface area (Å²) in [7, 11) is -1.22. The normalized spacial score (nSPS) is 19.4. The maximum atomic E-state index is 12.1. The summed E-state index contributed by atoms with van der Waals surface area (Å²) in [4.78, 5) is 12.1. The number of carbonyl (C=O) groups excluding carboxylic acids is 1. The molecular weight excluding hydrogens is 436 g/mol. The average molecular weight is 483 g/mol. The fraction of sp³-hybridized carbons (Fsp3) is 0.567. The van der Waals surface area contributed by atoms with Gasteiger partial charge in [-0.2, -0.15) is 0 Å². The lowest BCUT2D eigenvalue weighted by molar-refractivity contribution is 0.0548. The van der Waals surface area contributed by atoms with E-state index >= 15 is 0 Å². The second-order valence-electron chi connectivity index (χ2n) is 11.7. The highest BCUT2D eigenvalue weighted by atomic mass is 28.3. The van der Waals surface area contributed by atoms with Crippen molar-refractivity contribution in [2.24, 2.45) is 5.41 Å². The maximum Gasteiger partial charge on any atom is 0.338 e. The molecule has 2 rings (SSSR count). The molecule has 34 heavy (non-hydrogen) atoms. The van der Waals surface area contributed by atoms with Gasteiger partial charge < -0.3 is 9.84 Å². The highest BCUT2D eigenvalue weighted by Crippen LogP contribution is 2.43. The molecule has 0 aliphatic heterocycles. The lowest BCUT2D eigenvalue weighted by Gasteiger charge is -2.39. The topological polar surface area (TPSA) is 46.5 Å². The van der Waals surface area contributed by atoms with E-state index in [9.17, 15) is 9.90 Å². The fourth-order valence-corrected chi connectivity index (χ4v) is 6.59. The smallest absolute Gasteiger partial charge is 0.338 e. The van der Waals surface area contributed by atoms with Crippen molar-refractivity contribution < 1.29 is 14.6 Å². The summed E-state index contributed by atoms with van der Waals surface area (Å²) in [5, 5.41) is 10.6. The van der Waals surface area contributed by atoms with Crippen LogP contribution in [0.15, 0.2) is 64.8 Å². The Morgan fingerprint density at radius 1 is 1.15 bits per heavy atom. The van der Waals surface area contributed by atoms with Crippen molar-refractivity contribution in [2.45, 2.75) is 98.0 Å². The molecule has 1 aromatic rings. The van der Waals surface area contributed by atoms with Crippen LogP contribution in [0.25, 0.3) is 0 Å². The highest BCUT2D eigenvalue weighted by molar-refractivity contribution is 6.76. The molecule has 4 heteroatoms. The SMILES string of the molecule is CC1=C(CC/C(=C\CC/C(C)=C/COC(=O)c2ccccc2)C[Si](C)(C)C)C(C)(C)[C@@H](O)CC1. The van der Waals surface area contributed by atoms with Crippen LogP contribution < -0.4 is 0 Å². The molecule has 0 bridgehead atoms. The zero-order valence-electron chi connectivity index (χ0n) is 22.5. The van der Waals surface area contributed by atoms with E-state index in [1.165, 1.54) is 22.8 Å². The number of ether oxygens (including phenoxy) is 1. The number of rotatable bonds is 11. The van der Waals surface area contributed by atoms with E-state index in [-0.39, 0.29) is 17.5 Å². The molecule has 0 heterocycles. The summed E-state index contributed by atoms with van der Waals surface area (Å²) >= 11 is 0. The summed E-state index contributed by atoms with van der Waals surface area (Å²) in [6, 6.07) is 10.4. The Kier molecular flexibility index (Phi) is 10.6. The van der Waals surface area contributed by atoms with E-state index < -0.39 is 8.07 Å². The van der Waals surface area contributed by atoms with Crippen molar-refractivity contribution in [2.75, 3.05) is 6.61 Å². The van der Waals surface area contributed by atoms with Gasteiger partial charge in [0.2, 0.25) is 0 Å². The Balaban J connectivity index is 1.93. The first-order chi connectivity index (χ1) is 15.9. The van der Waals surface area contributed by atoms with Gasteiger partial charge in [-0.1, -0.05) is 80.1 Å². The molecule has 0 amide bonds. The standard InChI is InChI=1S/C30H46O3Si/c1-23(20-21-33-29(32)26-14-9-8-10-15-26)12-11-13-25(22-34(5,6)7)17-18-27-24(2)16-19-28(31)30(27,3)4/h8-10,13-15,20,28,31H,11-12,16-19,21-22H2,1-7H3/b23-20+,25-13+/t28-/m0/s1. The van der Waals surface area contributed by atoms with E-state index in [4.69, 9.17) is 4.74 Å². The second-order valence-corrected chi connectivity index (χ2v) is 17.2. The minimum absolute atomic E-state index is 0.122. The van der Waals surface area contributed by atoms with Gasteiger partial charge in [-0.3, -0.25) is 0 Å². The number of aliphatic hydroxyl groups excluding tert-OH is 1. The average Bonchev–Trinajstić information content (AvgIpc) is 2.75. The summed E-state index contributed by atoms with van der Waals surface area (Å²) in [5.41, 5.74) is 6.23. The summed E-state index contributed by atoms with van der Waals surface area (Å²) < 4.78 is 5.39. The van der Waals surface area contributed by atoms with Crippen LogP contribution in [0.3, 0.4) is 0 Å². The van der Waals surface area contributed by atoms with Gasteiger partial charge in [0.05, 0.1) is 11.7 Å². The molecule has 0 aromatic heterocycles. The predicted octanol–water partition coefficient (Wildman–Crippen LogP) is 8.11. The molecule has 3 nitrogen and oxygen atoms in total. The molecule has 1 aromatic carbocycles. The van der Waals surface area contributed by atoms with Gasteiger partial charge in [0.1, 0.15) is 6.61 Å². The Bertz CT molecular complexity index is 901. The fourth-order valence-electron chi connectivity index (χ4n) is 4.90. The largest absolute Gasteiger partial charge is 0.458 e. The van der Waals surface area contributed by atoms with Gasteiger partial charge in [-0.25, -0.2) is 4.79 Å². The Morgan fingerprint density at radius 3 is 2.47 bits per heavy atom. The number of allylic oxidation sites excluding steroid dienone is 4. The third-order valence-corrected chi connectivity index (χ3v) is 8.51. The first kappa shape index (κ1) is 28.3. The Labute approximate surface area is 209 Å². The van der Waals surface area contributed by atoms with E-state index in [0.717, 1.165) is 38.5 Å². The molecule has 0 fully saturated rings. The van der Waals surface area contributed by atoms with Crippen molar-refractivity contribution in [3.05, 3.63) is 70.3 Å². The van der Waals surface area contributed by atoms with E-state index in [0.29, 0.717) is 12.2 Å². The minimum Gasteiger partial charge on any atom is -0.458 e. The van der Waals surface area contributed by atoms with E-state index in [1.807, 2.05) is 24.3 Å². The first-order valence-electron chi connectivity index (χ1n) is 12.8. The number of esters is 1. The molecule has 188 valence electrons. The molecular formula is C30H46O3Si. The van der Waals surface area contributed by atoms with Gasteiger partial charge in [-0.15, -0.1) is 0 Å². The highest BCUT2D eigenvalue weighted by Gasteiger charge is 2.35. The molecule has 0 saturated heterocycles. The van der Waals surface area contributed by atoms with Crippen LogP contribution in [0.5, 0.6) is 0 Å². The third kappa shape index (κ3) is 9.03. The molecule has 1 aliphatic carbocycles.